The van der Waals surface area contributed by atoms with Crippen LogP contribution in [0.15, 0.2) is 41.3 Å². The molecular weight excluding hydrogens is 334 g/mol. The molecular formula is C20H23NO3S. The van der Waals surface area contributed by atoms with E-state index in [0.717, 1.165) is 10.6 Å². The van der Waals surface area contributed by atoms with Crippen LogP contribution in [-0.4, -0.2) is 28.2 Å². The van der Waals surface area contributed by atoms with Gasteiger partial charge in [-0.3, -0.25) is 9.59 Å². The molecule has 0 saturated heterocycles. The van der Waals surface area contributed by atoms with Crippen molar-refractivity contribution in [2.45, 2.75) is 49.3 Å². The molecule has 0 spiro atoms. The first-order valence-electron chi connectivity index (χ1n) is 8.41. The number of rotatable bonds is 4. The molecule has 0 saturated carbocycles. The predicted molar refractivity (Wildman–Crippen MR) is 99.3 cm³/mol. The fourth-order valence-corrected chi connectivity index (χ4v) is 4.18. The second-order valence-electron chi connectivity index (χ2n) is 7.23. The van der Waals surface area contributed by atoms with Crippen molar-refractivity contribution >= 4 is 23.5 Å². The van der Waals surface area contributed by atoms with Gasteiger partial charge in [0.05, 0.1) is 18.7 Å². The van der Waals surface area contributed by atoms with Crippen LogP contribution in [0.3, 0.4) is 0 Å². The molecule has 2 aromatic rings. The number of esters is 1. The topological polar surface area (TPSA) is 48.3 Å². The number of ether oxygens (including phenoxy) is 1. The van der Waals surface area contributed by atoms with Crippen molar-refractivity contribution in [1.29, 1.82) is 0 Å². The average Bonchev–Trinajstić information content (AvgIpc) is 3.14. The molecule has 0 radical (unpaired) electrons. The largest absolute Gasteiger partial charge is 0.469 e. The van der Waals surface area contributed by atoms with Crippen molar-refractivity contribution < 1.29 is 14.3 Å². The standard InChI is InChI=1S/C20H23NO3S/c1-20(2,3)25-14-7-5-13(6-8-14)18(22)17-10-9-16-15(19(23)24-4)11-12-21(16)17/h5-10,15H,11-12H2,1-4H3. The lowest BCUT2D eigenvalue weighted by Crippen LogP contribution is -2.11. The van der Waals surface area contributed by atoms with Crippen LogP contribution in [-0.2, 0) is 16.1 Å². The normalized spacial score (nSPS) is 16.6. The lowest BCUT2D eigenvalue weighted by molar-refractivity contribution is -0.142. The third-order valence-electron chi connectivity index (χ3n) is 4.27. The number of fused-ring (bicyclic) bond motifs is 1. The molecule has 0 aliphatic carbocycles. The van der Waals surface area contributed by atoms with Crippen LogP contribution < -0.4 is 0 Å². The maximum atomic E-state index is 12.9. The molecule has 132 valence electrons. The highest BCUT2D eigenvalue weighted by Crippen LogP contribution is 2.34. The van der Waals surface area contributed by atoms with Gasteiger partial charge in [0.25, 0.3) is 0 Å². The molecule has 5 heteroatoms. The summed E-state index contributed by atoms with van der Waals surface area (Å²) in [6, 6.07) is 11.4. The maximum absolute atomic E-state index is 12.9. The van der Waals surface area contributed by atoms with Crippen molar-refractivity contribution in [3.8, 4) is 0 Å². The third-order valence-corrected chi connectivity index (χ3v) is 5.39. The number of benzene rings is 1. The Morgan fingerprint density at radius 1 is 1.12 bits per heavy atom. The van der Waals surface area contributed by atoms with Crippen LogP contribution in [0.1, 0.15) is 54.9 Å². The summed E-state index contributed by atoms with van der Waals surface area (Å²) in [4.78, 5) is 25.9. The van der Waals surface area contributed by atoms with Gasteiger partial charge in [0.2, 0.25) is 5.78 Å². The van der Waals surface area contributed by atoms with Gasteiger partial charge < -0.3 is 9.30 Å². The van der Waals surface area contributed by atoms with Crippen LogP contribution >= 0.6 is 11.8 Å². The Labute approximate surface area is 152 Å². The second kappa shape index (κ2) is 6.71. The number of aromatic nitrogens is 1. The number of carbonyl (C=O) groups is 2. The van der Waals surface area contributed by atoms with Crippen molar-refractivity contribution in [2.75, 3.05) is 7.11 Å². The molecule has 0 N–H and O–H groups in total. The lowest BCUT2D eigenvalue weighted by Gasteiger charge is -2.17. The quantitative estimate of drug-likeness (QED) is 0.466. The molecule has 0 bridgehead atoms. The van der Waals surface area contributed by atoms with Crippen LogP contribution in [0.25, 0.3) is 0 Å². The van der Waals surface area contributed by atoms with Gasteiger partial charge in [-0.2, -0.15) is 0 Å². The van der Waals surface area contributed by atoms with Crippen LogP contribution in [0.2, 0.25) is 0 Å². The zero-order chi connectivity index (χ0) is 18.2. The van der Waals surface area contributed by atoms with E-state index >= 15 is 0 Å². The first-order valence-corrected chi connectivity index (χ1v) is 9.23. The van der Waals surface area contributed by atoms with Gasteiger partial charge in [0, 0.05) is 27.4 Å². The Morgan fingerprint density at radius 2 is 1.80 bits per heavy atom. The number of methoxy groups -OCH3 is 1. The average molecular weight is 357 g/mol. The SMILES string of the molecule is COC(=O)C1CCn2c(C(=O)c3ccc(SC(C)(C)C)cc3)ccc21. The van der Waals surface area contributed by atoms with Gasteiger partial charge in [-0.15, -0.1) is 11.8 Å². The number of hydrogen-bond donors (Lipinski definition) is 0. The van der Waals surface area contributed by atoms with Crippen LogP contribution in [0, 0.1) is 0 Å². The molecule has 1 aromatic heterocycles. The minimum absolute atomic E-state index is 0.0101. The smallest absolute Gasteiger partial charge is 0.314 e. The summed E-state index contributed by atoms with van der Waals surface area (Å²) < 4.78 is 6.94. The molecule has 0 fully saturated rings. The Bertz CT molecular complexity index is 799. The molecule has 1 atom stereocenters. The summed E-state index contributed by atoms with van der Waals surface area (Å²) in [5.74, 6) is -0.513. The summed E-state index contributed by atoms with van der Waals surface area (Å²) in [7, 11) is 1.40. The Morgan fingerprint density at radius 3 is 2.40 bits per heavy atom. The highest BCUT2D eigenvalue weighted by Gasteiger charge is 2.32. The fourth-order valence-electron chi connectivity index (χ4n) is 3.20. The highest BCUT2D eigenvalue weighted by atomic mass is 32.2. The number of ketones is 1. The molecule has 1 aliphatic heterocycles. The Balaban J connectivity index is 1.82. The summed E-state index contributed by atoms with van der Waals surface area (Å²) in [6.07, 6.45) is 0.685. The number of thioether (sulfide) groups is 1. The second-order valence-corrected chi connectivity index (χ2v) is 9.13. The van der Waals surface area contributed by atoms with E-state index in [1.54, 1.807) is 11.8 Å². The van der Waals surface area contributed by atoms with E-state index in [9.17, 15) is 9.59 Å². The molecule has 25 heavy (non-hydrogen) atoms. The first kappa shape index (κ1) is 17.8. The van der Waals surface area contributed by atoms with Gasteiger partial charge in [-0.05, 0) is 42.8 Å². The first-order chi connectivity index (χ1) is 11.8. The summed E-state index contributed by atoms with van der Waals surface area (Å²) in [5.41, 5.74) is 2.17. The van der Waals surface area contributed by atoms with Gasteiger partial charge in [-0.25, -0.2) is 0 Å². The highest BCUT2D eigenvalue weighted by molar-refractivity contribution is 8.00. The summed E-state index contributed by atoms with van der Waals surface area (Å²) >= 11 is 1.78. The van der Waals surface area contributed by atoms with Gasteiger partial charge >= 0.3 is 5.97 Å². The number of nitrogens with zero attached hydrogens (tertiary/aromatic N) is 1. The number of carbonyl (C=O) groups excluding carboxylic acids is 2. The van der Waals surface area contributed by atoms with Gasteiger partial charge in [0.1, 0.15) is 0 Å². The van der Waals surface area contributed by atoms with E-state index < -0.39 is 0 Å². The van der Waals surface area contributed by atoms with E-state index in [-0.39, 0.29) is 22.4 Å². The van der Waals surface area contributed by atoms with E-state index in [1.165, 1.54) is 7.11 Å². The fraction of sp³-hybridized carbons (Fsp3) is 0.400. The van der Waals surface area contributed by atoms with Crippen LogP contribution in [0.5, 0.6) is 0 Å². The molecule has 4 nitrogen and oxygen atoms in total. The van der Waals surface area contributed by atoms with Crippen molar-refractivity contribution in [3.05, 3.63) is 53.3 Å². The predicted octanol–water partition coefficient (Wildman–Crippen LogP) is 4.27. The molecule has 1 unspecified atom stereocenters. The molecule has 1 aliphatic rings. The zero-order valence-corrected chi connectivity index (χ0v) is 15.9. The lowest BCUT2D eigenvalue weighted by atomic mass is 10.1. The number of hydrogen-bond acceptors (Lipinski definition) is 4. The molecule has 2 heterocycles. The summed E-state index contributed by atoms with van der Waals surface area (Å²) in [5, 5.41) is 0. The zero-order valence-electron chi connectivity index (χ0n) is 15.0. The van der Waals surface area contributed by atoms with Crippen molar-refractivity contribution in [3.63, 3.8) is 0 Å². The minimum atomic E-state index is -0.267. The van der Waals surface area contributed by atoms with E-state index in [0.29, 0.717) is 24.2 Å². The van der Waals surface area contributed by atoms with Crippen LogP contribution in [0.4, 0.5) is 0 Å². The van der Waals surface area contributed by atoms with Gasteiger partial charge in [-0.1, -0.05) is 20.8 Å². The molecule has 1 aromatic carbocycles. The van der Waals surface area contributed by atoms with E-state index in [2.05, 4.69) is 20.8 Å². The Hall–Kier alpha value is -2.01. The van der Waals surface area contributed by atoms with Gasteiger partial charge in [0.15, 0.2) is 0 Å². The van der Waals surface area contributed by atoms with E-state index in [4.69, 9.17) is 4.74 Å². The monoisotopic (exact) mass is 357 g/mol. The minimum Gasteiger partial charge on any atom is -0.469 e. The Kier molecular flexibility index (Phi) is 4.78. The molecule has 0 amide bonds. The van der Waals surface area contributed by atoms with E-state index in [1.807, 2.05) is 41.0 Å². The maximum Gasteiger partial charge on any atom is 0.314 e. The summed E-state index contributed by atoms with van der Waals surface area (Å²) in [6.45, 7) is 7.16. The van der Waals surface area contributed by atoms with Crippen molar-refractivity contribution in [1.82, 2.24) is 4.57 Å². The molecule has 3 rings (SSSR count). The third kappa shape index (κ3) is 3.66. The van der Waals surface area contributed by atoms with Crippen molar-refractivity contribution in [2.24, 2.45) is 0 Å².